The first-order chi connectivity index (χ1) is 10.0. The number of carbonyl (C=O) groups excluding carboxylic acids is 1. The fraction of sp³-hybridized carbons (Fsp3) is 0.588. The number of hydrogen-bond donors (Lipinski definition) is 1. The van der Waals surface area contributed by atoms with E-state index in [0.29, 0.717) is 18.9 Å². The number of hydrogen-bond acceptors (Lipinski definition) is 3. The van der Waals surface area contributed by atoms with Crippen molar-refractivity contribution in [3.8, 4) is 5.75 Å². The zero-order valence-corrected chi connectivity index (χ0v) is 13.3. The molecule has 0 aliphatic heterocycles. The summed E-state index contributed by atoms with van der Waals surface area (Å²) in [6.07, 6.45) is 3.87. The van der Waals surface area contributed by atoms with Gasteiger partial charge in [0.25, 0.3) is 0 Å². The van der Waals surface area contributed by atoms with Gasteiger partial charge in [-0.15, -0.1) is 0 Å². The summed E-state index contributed by atoms with van der Waals surface area (Å²) < 4.78 is 5.26. The number of ether oxygens (including phenoxy) is 1. The van der Waals surface area contributed by atoms with E-state index in [-0.39, 0.29) is 11.9 Å². The maximum Gasteiger partial charge on any atom is 0.222 e. The fourth-order valence-electron chi connectivity index (χ4n) is 3.10. The van der Waals surface area contributed by atoms with Gasteiger partial charge in [0.05, 0.1) is 7.11 Å². The average Bonchev–Trinajstić information content (AvgIpc) is 2.84. The second-order valence-electron chi connectivity index (χ2n) is 6.11. The van der Waals surface area contributed by atoms with Crippen LogP contribution in [0.2, 0.25) is 0 Å². The molecule has 0 heterocycles. The predicted octanol–water partition coefficient (Wildman–Crippen LogP) is 2.48. The maximum absolute atomic E-state index is 12.3. The molecule has 2 N–H and O–H groups in total. The molecule has 1 aromatic carbocycles. The van der Waals surface area contributed by atoms with E-state index in [1.165, 1.54) is 0 Å². The van der Waals surface area contributed by atoms with Gasteiger partial charge in [0.2, 0.25) is 5.91 Å². The summed E-state index contributed by atoms with van der Waals surface area (Å²) >= 11 is 0. The molecule has 0 saturated heterocycles. The normalized spacial score (nSPS) is 21.3. The standard InChI is InChI=1S/C17H26N2O2/c1-12-9-13(7-8-16(12)21-3)11-19(2)17(20)10-14-5-4-6-15(14)18/h7-9,14-15H,4-6,10-11,18H2,1-3H3/t14-,15+/m0/s1. The SMILES string of the molecule is COc1ccc(CN(C)C(=O)C[C@@H]2CCC[C@H]2N)cc1C. The number of aryl methyl sites for hydroxylation is 1. The smallest absolute Gasteiger partial charge is 0.222 e. The first-order valence-electron chi connectivity index (χ1n) is 7.64. The summed E-state index contributed by atoms with van der Waals surface area (Å²) in [5.74, 6) is 1.42. The zero-order chi connectivity index (χ0) is 15.4. The molecule has 2 atom stereocenters. The average molecular weight is 290 g/mol. The van der Waals surface area contributed by atoms with Crippen molar-refractivity contribution in [1.29, 1.82) is 0 Å². The molecular formula is C17H26N2O2. The van der Waals surface area contributed by atoms with E-state index in [1.807, 2.05) is 26.1 Å². The second kappa shape index (κ2) is 6.94. The summed E-state index contributed by atoms with van der Waals surface area (Å²) in [6.45, 7) is 2.65. The number of amides is 1. The Morgan fingerprint density at radius 3 is 2.76 bits per heavy atom. The van der Waals surface area contributed by atoms with Gasteiger partial charge in [0.1, 0.15) is 5.75 Å². The number of benzene rings is 1. The summed E-state index contributed by atoms with van der Waals surface area (Å²) in [6, 6.07) is 6.24. The van der Waals surface area contributed by atoms with Crippen LogP contribution in [0.1, 0.15) is 36.8 Å². The van der Waals surface area contributed by atoms with Crippen LogP contribution in [0.5, 0.6) is 5.75 Å². The molecule has 21 heavy (non-hydrogen) atoms. The lowest BCUT2D eigenvalue weighted by atomic mass is 9.99. The third kappa shape index (κ3) is 3.97. The minimum atomic E-state index is 0.186. The second-order valence-corrected chi connectivity index (χ2v) is 6.11. The van der Waals surface area contributed by atoms with E-state index in [0.717, 1.165) is 36.1 Å². The van der Waals surface area contributed by atoms with Gasteiger partial charge in [-0.2, -0.15) is 0 Å². The highest BCUT2D eigenvalue weighted by molar-refractivity contribution is 5.76. The Morgan fingerprint density at radius 2 is 2.19 bits per heavy atom. The molecule has 0 spiro atoms. The largest absolute Gasteiger partial charge is 0.496 e. The van der Waals surface area contributed by atoms with E-state index < -0.39 is 0 Å². The van der Waals surface area contributed by atoms with Crippen LogP contribution in [0, 0.1) is 12.8 Å². The molecule has 116 valence electrons. The summed E-state index contributed by atoms with van der Waals surface area (Å²) in [5.41, 5.74) is 8.26. The van der Waals surface area contributed by atoms with Gasteiger partial charge < -0.3 is 15.4 Å². The van der Waals surface area contributed by atoms with Crippen molar-refractivity contribution in [3.05, 3.63) is 29.3 Å². The van der Waals surface area contributed by atoms with E-state index >= 15 is 0 Å². The van der Waals surface area contributed by atoms with Crippen LogP contribution in [-0.4, -0.2) is 31.0 Å². The van der Waals surface area contributed by atoms with Crippen LogP contribution >= 0.6 is 0 Å². The van der Waals surface area contributed by atoms with E-state index in [1.54, 1.807) is 12.0 Å². The minimum Gasteiger partial charge on any atom is -0.496 e. The van der Waals surface area contributed by atoms with E-state index in [2.05, 4.69) is 6.07 Å². The number of methoxy groups -OCH3 is 1. The molecule has 1 aliphatic rings. The van der Waals surface area contributed by atoms with Crippen molar-refractivity contribution in [1.82, 2.24) is 4.90 Å². The highest BCUT2D eigenvalue weighted by Gasteiger charge is 2.27. The van der Waals surface area contributed by atoms with Gasteiger partial charge in [-0.3, -0.25) is 4.79 Å². The van der Waals surface area contributed by atoms with Gasteiger partial charge in [-0.05, 0) is 42.9 Å². The van der Waals surface area contributed by atoms with Crippen LogP contribution in [0.15, 0.2) is 18.2 Å². The Hall–Kier alpha value is -1.55. The van der Waals surface area contributed by atoms with Crippen molar-refractivity contribution in [2.45, 2.75) is 45.2 Å². The molecule has 1 amide bonds. The molecule has 1 aliphatic carbocycles. The van der Waals surface area contributed by atoms with E-state index in [4.69, 9.17) is 10.5 Å². The monoisotopic (exact) mass is 290 g/mol. The lowest BCUT2D eigenvalue weighted by molar-refractivity contribution is -0.131. The van der Waals surface area contributed by atoms with E-state index in [9.17, 15) is 4.79 Å². The summed E-state index contributed by atoms with van der Waals surface area (Å²) in [4.78, 5) is 14.1. The number of nitrogens with two attached hydrogens (primary N) is 1. The molecule has 0 radical (unpaired) electrons. The quantitative estimate of drug-likeness (QED) is 0.906. The van der Waals surface area contributed by atoms with Gasteiger partial charge in [-0.1, -0.05) is 18.6 Å². The fourth-order valence-corrected chi connectivity index (χ4v) is 3.10. The van der Waals surface area contributed by atoms with Gasteiger partial charge in [0.15, 0.2) is 0 Å². The lowest BCUT2D eigenvalue weighted by Gasteiger charge is -2.21. The van der Waals surface area contributed by atoms with Gasteiger partial charge in [-0.25, -0.2) is 0 Å². The van der Waals surface area contributed by atoms with Crippen LogP contribution in [0.4, 0.5) is 0 Å². The molecule has 1 aromatic rings. The summed E-state index contributed by atoms with van der Waals surface area (Å²) in [5, 5.41) is 0. The molecule has 0 aromatic heterocycles. The van der Waals surface area contributed by atoms with Crippen LogP contribution in [-0.2, 0) is 11.3 Å². The van der Waals surface area contributed by atoms with Crippen molar-refractivity contribution in [2.24, 2.45) is 11.7 Å². The first-order valence-corrected chi connectivity index (χ1v) is 7.64. The minimum absolute atomic E-state index is 0.186. The zero-order valence-electron chi connectivity index (χ0n) is 13.3. The molecule has 1 fully saturated rings. The molecule has 4 nitrogen and oxygen atoms in total. The van der Waals surface area contributed by atoms with Crippen molar-refractivity contribution in [2.75, 3.05) is 14.2 Å². The Labute approximate surface area is 127 Å². The van der Waals surface area contributed by atoms with Crippen LogP contribution in [0.3, 0.4) is 0 Å². The topological polar surface area (TPSA) is 55.6 Å². The predicted molar refractivity (Wildman–Crippen MR) is 84.1 cm³/mol. The maximum atomic E-state index is 12.3. The Balaban J connectivity index is 1.92. The van der Waals surface area contributed by atoms with Crippen molar-refractivity contribution in [3.63, 3.8) is 0 Å². The van der Waals surface area contributed by atoms with Crippen LogP contribution in [0.25, 0.3) is 0 Å². The molecular weight excluding hydrogens is 264 g/mol. The van der Waals surface area contributed by atoms with Crippen molar-refractivity contribution < 1.29 is 9.53 Å². The van der Waals surface area contributed by atoms with Crippen molar-refractivity contribution >= 4 is 5.91 Å². The number of nitrogens with zero attached hydrogens (tertiary/aromatic N) is 1. The lowest BCUT2D eigenvalue weighted by Crippen LogP contribution is -2.32. The van der Waals surface area contributed by atoms with Gasteiger partial charge in [0, 0.05) is 26.1 Å². The molecule has 0 unspecified atom stereocenters. The Kier molecular flexibility index (Phi) is 5.23. The highest BCUT2D eigenvalue weighted by atomic mass is 16.5. The Morgan fingerprint density at radius 1 is 1.43 bits per heavy atom. The first kappa shape index (κ1) is 15.8. The highest BCUT2D eigenvalue weighted by Crippen LogP contribution is 2.27. The molecule has 0 bridgehead atoms. The molecule has 4 heteroatoms. The molecule has 2 rings (SSSR count). The van der Waals surface area contributed by atoms with Gasteiger partial charge >= 0.3 is 0 Å². The number of carbonyl (C=O) groups is 1. The van der Waals surface area contributed by atoms with Crippen LogP contribution < -0.4 is 10.5 Å². The third-order valence-corrected chi connectivity index (χ3v) is 4.46. The summed E-state index contributed by atoms with van der Waals surface area (Å²) in [7, 11) is 3.53. The molecule has 1 saturated carbocycles. The third-order valence-electron chi connectivity index (χ3n) is 4.46. The number of rotatable bonds is 5. The Bertz CT molecular complexity index is 502.